The van der Waals surface area contributed by atoms with E-state index in [1.54, 1.807) is 0 Å². The van der Waals surface area contributed by atoms with Crippen molar-refractivity contribution in [2.75, 3.05) is 0 Å². The molecule has 0 bridgehead atoms. The highest BCUT2D eigenvalue weighted by atomic mass is 35.5. The van der Waals surface area contributed by atoms with Crippen molar-refractivity contribution < 1.29 is 4.79 Å². The predicted octanol–water partition coefficient (Wildman–Crippen LogP) is 9.11. The molecule has 2 aliphatic rings. The fraction of sp³-hybridized carbons (Fsp3) is 0.226. The highest BCUT2D eigenvalue weighted by Crippen LogP contribution is 2.49. The SMILES string of the molecule is CC1=NN(C2=NN=C(c3ccc(C)cc3)CC2Sc2nnc(-c3ccc(C)c(C)c3)c3c(Cl)c(Cl)c(Cl)c(Cl)c23)C(=O)C1. The molecule has 0 radical (unpaired) electrons. The minimum absolute atomic E-state index is 0.121. The molecule has 0 saturated heterocycles. The average molecular weight is 670 g/mol. The van der Waals surface area contributed by atoms with Crippen LogP contribution in [0.15, 0.2) is 62.8 Å². The molecule has 0 aliphatic carbocycles. The Balaban J connectivity index is 1.50. The summed E-state index contributed by atoms with van der Waals surface area (Å²) in [6, 6.07) is 14.1. The van der Waals surface area contributed by atoms with Gasteiger partial charge in [-0.05, 0) is 50.5 Å². The Morgan fingerprint density at radius 3 is 2.12 bits per heavy atom. The van der Waals surface area contributed by atoms with Crippen LogP contribution in [0.5, 0.6) is 0 Å². The maximum atomic E-state index is 12.9. The molecule has 0 N–H and O–H groups in total. The Bertz CT molecular complexity index is 1920. The molecule has 12 heteroatoms. The first kappa shape index (κ1) is 30.0. The molecule has 1 aromatic heterocycles. The number of amides is 1. The molecule has 3 aromatic carbocycles. The van der Waals surface area contributed by atoms with Crippen LogP contribution < -0.4 is 0 Å². The zero-order valence-electron chi connectivity index (χ0n) is 23.5. The van der Waals surface area contributed by atoms with Gasteiger partial charge in [0, 0.05) is 28.5 Å². The number of rotatable bonds is 4. The number of aromatic nitrogens is 2. The zero-order valence-corrected chi connectivity index (χ0v) is 27.4. The molecule has 4 aromatic rings. The van der Waals surface area contributed by atoms with Gasteiger partial charge >= 0.3 is 0 Å². The topological polar surface area (TPSA) is 83.2 Å². The van der Waals surface area contributed by atoms with Crippen LogP contribution in [0, 0.1) is 20.8 Å². The Morgan fingerprint density at radius 2 is 1.47 bits per heavy atom. The Labute approximate surface area is 273 Å². The number of benzene rings is 3. The van der Waals surface area contributed by atoms with Crippen molar-refractivity contribution in [1.29, 1.82) is 0 Å². The van der Waals surface area contributed by atoms with Crippen LogP contribution in [0.4, 0.5) is 0 Å². The molecule has 6 rings (SSSR count). The van der Waals surface area contributed by atoms with Crippen molar-refractivity contribution in [3.05, 3.63) is 84.8 Å². The van der Waals surface area contributed by atoms with Gasteiger partial charge in [0.1, 0.15) is 10.7 Å². The molecule has 43 heavy (non-hydrogen) atoms. The summed E-state index contributed by atoms with van der Waals surface area (Å²) >= 11 is 28.2. The van der Waals surface area contributed by atoms with Crippen molar-refractivity contribution in [2.45, 2.75) is 50.8 Å². The van der Waals surface area contributed by atoms with Crippen molar-refractivity contribution in [2.24, 2.45) is 15.3 Å². The first-order valence-corrected chi connectivity index (χ1v) is 15.8. The lowest BCUT2D eigenvalue weighted by Crippen LogP contribution is -2.39. The minimum atomic E-state index is -0.415. The number of carbonyl (C=O) groups excluding carboxylic acids is 1. The number of aryl methyl sites for hydroxylation is 3. The number of hydrogen-bond donors (Lipinski definition) is 0. The van der Waals surface area contributed by atoms with Gasteiger partial charge in [0.15, 0.2) is 5.84 Å². The van der Waals surface area contributed by atoms with Crippen molar-refractivity contribution in [3.63, 3.8) is 0 Å². The molecule has 3 heterocycles. The van der Waals surface area contributed by atoms with Crippen molar-refractivity contribution >= 4 is 92.1 Å². The van der Waals surface area contributed by atoms with Gasteiger partial charge < -0.3 is 0 Å². The Morgan fingerprint density at radius 1 is 0.791 bits per heavy atom. The van der Waals surface area contributed by atoms with E-state index in [0.717, 1.165) is 33.5 Å². The van der Waals surface area contributed by atoms with Crippen molar-refractivity contribution in [1.82, 2.24) is 15.2 Å². The molecule has 0 saturated carbocycles. The molecule has 1 atom stereocenters. The van der Waals surface area contributed by atoms with Crippen LogP contribution in [-0.2, 0) is 4.79 Å². The highest BCUT2D eigenvalue weighted by Gasteiger charge is 2.36. The third-order valence-electron chi connectivity index (χ3n) is 7.45. The summed E-state index contributed by atoms with van der Waals surface area (Å²) in [5, 5.41) is 25.9. The minimum Gasteiger partial charge on any atom is -0.272 e. The van der Waals surface area contributed by atoms with Crippen LogP contribution in [0.1, 0.15) is 42.0 Å². The largest absolute Gasteiger partial charge is 0.272 e. The summed E-state index contributed by atoms with van der Waals surface area (Å²) in [5.41, 5.74) is 7.11. The number of hydrazone groups is 1. The fourth-order valence-corrected chi connectivity index (χ4v) is 7.23. The van der Waals surface area contributed by atoms with Crippen LogP contribution in [0.25, 0.3) is 22.0 Å². The summed E-state index contributed by atoms with van der Waals surface area (Å²) in [7, 11) is 0. The van der Waals surface area contributed by atoms with Gasteiger partial charge in [0.2, 0.25) is 0 Å². The molecule has 1 unspecified atom stereocenters. The molecular weight excluding hydrogens is 646 g/mol. The fourth-order valence-electron chi connectivity index (χ4n) is 4.97. The molecule has 0 spiro atoms. The van der Waals surface area contributed by atoms with Gasteiger partial charge in [0.25, 0.3) is 5.91 Å². The van der Waals surface area contributed by atoms with E-state index in [1.807, 2.05) is 70.2 Å². The van der Waals surface area contributed by atoms with Gasteiger partial charge in [-0.3, -0.25) is 4.79 Å². The lowest BCUT2D eigenvalue weighted by Gasteiger charge is -2.26. The number of amidine groups is 1. The van der Waals surface area contributed by atoms with E-state index in [9.17, 15) is 4.79 Å². The van der Waals surface area contributed by atoms with Crippen molar-refractivity contribution in [3.8, 4) is 11.3 Å². The smallest absolute Gasteiger partial charge is 0.254 e. The van der Waals surface area contributed by atoms with E-state index in [0.29, 0.717) is 39.5 Å². The highest BCUT2D eigenvalue weighted by molar-refractivity contribution is 8.00. The van der Waals surface area contributed by atoms with Crippen LogP contribution >= 0.6 is 58.2 Å². The second kappa shape index (κ2) is 11.8. The summed E-state index contributed by atoms with van der Waals surface area (Å²) in [5.74, 6) is 0.228. The lowest BCUT2D eigenvalue weighted by molar-refractivity contribution is -0.125. The van der Waals surface area contributed by atoms with Gasteiger partial charge in [-0.2, -0.15) is 15.2 Å². The number of halogens is 4. The first-order chi connectivity index (χ1) is 20.5. The average Bonchev–Trinajstić information content (AvgIpc) is 3.33. The summed E-state index contributed by atoms with van der Waals surface area (Å²) in [6.45, 7) is 7.90. The summed E-state index contributed by atoms with van der Waals surface area (Å²) < 4.78 is 0. The maximum absolute atomic E-state index is 12.9. The Hall–Kier alpha value is -3.01. The summed E-state index contributed by atoms with van der Waals surface area (Å²) in [4.78, 5) is 12.9. The second-order valence-corrected chi connectivity index (χ2v) is 13.3. The second-order valence-electron chi connectivity index (χ2n) is 10.6. The molecule has 2 aliphatic heterocycles. The molecule has 1 amide bonds. The monoisotopic (exact) mass is 668 g/mol. The van der Waals surface area contributed by atoms with E-state index < -0.39 is 5.25 Å². The zero-order chi connectivity index (χ0) is 30.6. The van der Waals surface area contributed by atoms with Crippen LogP contribution in [0.2, 0.25) is 20.1 Å². The molecule has 7 nitrogen and oxygen atoms in total. The van der Waals surface area contributed by atoms with Gasteiger partial charge in [-0.25, -0.2) is 0 Å². The number of thioether (sulfide) groups is 1. The predicted molar refractivity (Wildman–Crippen MR) is 178 cm³/mol. The van der Waals surface area contributed by atoms with Crippen LogP contribution in [-0.4, -0.2) is 43.6 Å². The summed E-state index contributed by atoms with van der Waals surface area (Å²) in [6.07, 6.45) is 0.660. The molecule has 218 valence electrons. The maximum Gasteiger partial charge on any atom is 0.254 e. The van der Waals surface area contributed by atoms with E-state index in [2.05, 4.69) is 25.5 Å². The third-order valence-corrected chi connectivity index (χ3v) is 10.4. The normalized spacial score (nSPS) is 16.9. The number of nitrogens with zero attached hydrogens (tertiary/aromatic N) is 6. The van der Waals surface area contributed by atoms with E-state index in [4.69, 9.17) is 46.4 Å². The number of fused-ring (bicyclic) bond motifs is 1. The quantitative estimate of drug-likeness (QED) is 0.160. The van der Waals surface area contributed by atoms with E-state index in [1.165, 1.54) is 16.8 Å². The standard InChI is InChI=1S/C31H24Cl4N6OS/c1-14-5-8-18(9-6-14)20-13-21(30(38-36-20)41-22(42)12-17(4)40-41)43-31-24-23(25(32)27(34)28(35)26(24)33)29(37-39-31)19-10-7-15(2)16(3)11-19/h5-11,21H,12-13H2,1-4H3. The Kier molecular flexibility index (Phi) is 8.26. The third kappa shape index (κ3) is 5.56. The van der Waals surface area contributed by atoms with E-state index in [-0.39, 0.29) is 32.4 Å². The number of carbonyl (C=O) groups is 1. The van der Waals surface area contributed by atoms with Crippen LogP contribution in [0.3, 0.4) is 0 Å². The van der Waals surface area contributed by atoms with Gasteiger partial charge in [-0.15, -0.1) is 15.3 Å². The lowest BCUT2D eigenvalue weighted by atomic mass is 10.0. The molecule has 0 fully saturated rings. The van der Waals surface area contributed by atoms with Gasteiger partial charge in [0.05, 0.1) is 37.5 Å². The molecular formula is C31H24Cl4N6OS. The first-order valence-electron chi connectivity index (χ1n) is 13.4. The number of hydrogen-bond acceptors (Lipinski definition) is 7. The van der Waals surface area contributed by atoms with E-state index >= 15 is 0 Å². The van der Waals surface area contributed by atoms with Gasteiger partial charge in [-0.1, -0.05) is 100 Å².